The van der Waals surface area contributed by atoms with Crippen LogP contribution < -0.4 is 14.8 Å². The highest BCUT2D eigenvalue weighted by Gasteiger charge is 2.64. The quantitative estimate of drug-likeness (QED) is 0.123. The van der Waals surface area contributed by atoms with Gasteiger partial charge < -0.3 is 38.5 Å². The molecule has 1 fully saturated rings. The standard InChI is InChI=1S/C41H51ClN2O8/c1-40(2)38(41(3,4)39(40)52-34-14-11-32(28-43)36(42)27-34)44-37(45)29-9-12-33(13-10-29)50-23-21-48-19-17-46-15-16-47-18-20-49-22-24-51-35-25-30-7-5-6-8-31(30)26-35/h5-14,27,35,38-39H,15-26H2,1-4H3,(H,44,45)/t38-,39-. The number of nitrogens with one attached hydrogen (secondary N) is 1. The van der Waals surface area contributed by atoms with E-state index in [1.54, 1.807) is 42.5 Å². The Morgan fingerprint density at radius 3 is 1.81 bits per heavy atom. The first kappa shape index (κ1) is 39.5. The predicted octanol–water partition coefficient (Wildman–Crippen LogP) is 6.45. The SMILES string of the molecule is CC1(C)[C@H](NC(=O)c2ccc(OCCOCCOCCOCCOCCOC3Cc4ccccc4C3)cc2)C(C)(C)[C@H]1Oc1ccc(C#N)c(Cl)c1. The minimum Gasteiger partial charge on any atom is -0.491 e. The summed E-state index contributed by atoms with van der Waals surface area (Å²) in [5.41, 5.74) is 3.03. The van der Waals surface area contributed by atoms with Crippen molar-refractivity contribution in [3.8, 4) is 17.6 Å². The molecule has 280 valence electrons. The van der Waals surface area contributed by atoms with Gasteiger partial charge in [-0.25, -0.2) is 0 Å². The zero-order valence-electron chi connectivity index (χ0n) is 30.7. The summed E-state index contributed by atoms with van der Waals surface area (Å²) in [5.74, 6) is 1.09. The molecule has 11 heteroatoms. The van der Waals surface area contributed by atoms with Crippen LogP contribution in [0.2, 0.25) is 5.02 Å². The van der Waals surface area contributed by atoms with E-state index in [4.69, 9.17) is 50.0 Å². The third-order valence-electron chi connectivity index (χ3n) is 9.75. The fraction of sp³-hybridized carbons (Fsp3) is 0.512. The van der Waals surface area contributed by atoms with Crippen LogP contribution in [0.1, 0.15) is 54.7 Å². The van der Waals surface area contributed by atoms with Crippen molar-refractivity contribution < 1.29 is 38.0 Å². The normalized spacial score (nSPS) is 18.6. The lowest BCUT2D eigenvalue weighted by atomic mass is 9.49. The minimum absolute atomic E-state index is 0.132. The van der Waals surface area contributed by atoms with E-state index in [1.807, 2.05) is 0 Å². The molecule has 2 aliphatic rings. The zero-order chi connectivity index (χ0) is 37.0. The van der Waals surface area contributed by atoms with Crippen molar-refractivity contribution in [3.63, 3.8) is 0 Å². The Labute approximate surface area is 312 Å². The Morgan fingerprint density at radius 2 is 1.27 bits per heavy atom. The van der Waals surface area contributed by atoms with E-state index in [0.29, 0.717) is 93.7 Å². The lowest BCUT2D eigenvalue weighted by Crippen LogP contribution is -2.74. The summed E-state index contributed by atoms with van der Waals surface area (Å²) in [5, 5.41) is 12.7. The average molecular weight is 735 g/mol. The molecule has 1 N–H and O–H groups in total. The fourth-order valence-corrected chi connectivity index (χ4v) is 7.62. The van der Waals surface area contributed by atoms with Gasteiger partial charge in [0.05, 0.1) is 76.2 Å². The summed E-state index contributed by atoms with van der Waals surface area (Å²) in [6.45, 7) is 13.2. The summed E-state index contributed by atoms with van der Waals surface area (Å²) >= 11 is 6.21. The maximum atomic E-state index is 13.2. The van der Waals surface area contributed by atoms with E-state index in [1.165, 1.54) is 11.1 Å². The monoisotopic (exact) mass is 734 g/mol. The zero-order valence-corrected chi connectivity index (χ0v) is 31.4. The summed E-state index contributed by atoms with van der Waals surface area (Å²) in [4.78, 5) is 13.2. The van der Waals surface area contributed by atoms with Crippen LogP contribution in [0.15, 0.2) is 66.7 Å². The summed E-state index contributed by atoms with van der Waals surface area (Å²) < 4.78 is 40.4. The predicted molar refractivity (Wildman–Crippen MR) is 198 cm³/mol. The number of rotatable bonds is 21. The van der Waals surface area contributed by atoms with Gasteiger partial charge in [0, 0.05) is 28.5 Å². The second kappa shape index (κ2) is 18.9. The van der Waals surface area contributed by atoms with Gasteiger partial charge in [0.1, 0.15) is 30.3 Å². The smallest absolute Gasteiger partial charge is 0.251 e. The highest BCUT2D eigenvalue weighted by atomic mass is 35.5. The van der Waals surface area contributed by atoms with E-state index in [0.717, 1.165) is 12.8 Å². The molecular formula is C41H51ClN2O8. The van der Waals surface area contributed by atoms with Gasteiger partial charge in [-0.1, -0.05) is 63.6 Å². The van der Waals surface area contributed by atoms with E-state index in [2.05, 4.69) is 63.3 Å². The van der Waals surface area contributed by atoms with Crippen molar-refractivity contribution in [3.05, 3.63) is 94.0 Å². The molecule has 2 aliphatic carbocycles. The molecule has 3 aromatic carbocycles. The third kappa shape index (κ3) is 10.5. The lowest BCUT2D eigenvalue weighted by molar-refractivity contribution is -0.164. The molecule has 10 nitrogen and oxygen atoms in total. The molecule has 0 heterocycles. The van der Waals surface area contributed by atoms with Gasteiger partial charge in [0.2, 0.25) is 0 Å². The van der Waals surface area contributed by atoms with Crippen LogP contribution in [-0.4, -0.2) is 90.2 Å². The molecule has 0 saturated heterocycles. The molecule has 0 atom stereocenters. The number of benzene rings is 3. The van der Waals surface area contributed by atoms with E-state index < -0.39 is 0 Å². The highest BCUT2D eigenvalue weighted by Crippen LogP contribution is 2.55. The van der Waals surface area contributed by atoms with Crippen LogP contribution in [0.25, 0.3) is 0 Å². The Hall–Kier alpha value is -3.69. The van der Waals surface area contributed by atoms with Crippen LogP contribution in [-0.2, 0) is 36.5 Å². The molecule has 52 heavy (non-hydrogen) atoms. The number of fused-ring (bicyclic) bond motifs is 1. The molecule has 5 rings (SSSR count). The first-order chi connectivity index (χ1) is 25.1. The molecular weight excluding hydrogens is 684 g/mol. The molecule has 1 amide bonds. The topological polar surface area (TPSA) is 118 Å². The minimum atomic E-state index is -0.351. The number of amides is 1. The number of halogens is 1. The van der Waals surface area contributed by atoms with Crippen molar-refractivity contribution >= 4 is 17.5 Å². The number of nitriles is 1. The number of nitrogens with zero attached hydrogens (tertiary/aromatic N) is 1. The number of hydrogen-bond donors (Lipinski definition) is 1. The van der Waals surface area contributed by atoms with Gasteiger partial charge in [0.15, 0.2) is 0 Å². The Morgan fingerprint density at radius 1 is 0.750 bits per heavy atom. The van der Waals surface area contributed by atoms with Crippen LogP contribution in [0, 0.1) is 22.2 Å². The van der Waals surface area contributed by atoms with Crippen LogP contribution >= 0.6 is 11.6 Å². The van der Waals surface area contributed by atoms with Crippen LogP contribution in [0.5, 0.6) is 11.5 Å². The number of ether oxygens (including phenoxy) is 7. The molecule has 3 aromatic rings. The maximum Gasteiger partial charge on any atom is 0.251 e. The van der Waals surface area contributed by atoms with Crippen molar-refractivity contribution in [1.82, 2.24) is 5.32 Å². The Kier molecular flexibility index (Phi) is 14.3. The van der Waals surface area contributed by atoms with Crippen molar-refractivity contribution in [1.29, 1.82) is 5.26 Å². The van der Waals surface area contributed by atoms with E-state index in [9.17, 15) is 4.79 Å². The molecule has 0 radical (unpaired) electrons. The van der Waals surface area contributed by atoms with Gasteiger partial charge in [-0.05, 0) is 60.4 Å². The molecule has 0 bridgehead atoms. The van der Waals surface area contributed by atoms with Crippen molar-refractivity contribution in [2.24, 2.45) is 10.8 Å². The first-order valence-corrected chi connectivity index (χ1v) is 18.4. The van der Waals surface area contributed by atoms with Gasteiger partial charge in [-0.15, -0.1) is 0 Å². The van der Waals surface area contributed by atoms with Crippen molar-refractivity contribution in [2.75, 3.05) is 66.1 Å². The van der Waals surface area contributed by atoms with Crippen LogP contribution in [0.4, 0.5) is 0 Å². The number of hydrogen-bond acceptors (Lipinski definition) is 9. The Bertz CT molecular complexity index is 1600. The maximum absolute atomic E-state index is 13.2. The molecule has 0 aliphatic heterocycles. The third-order valence-corrected chi connectivity index (χ3v) is 10.1. The Balaban J connectivity index is 0.859. The van der Waals surface area contributed by atoms with Gasteiger partial charge in [-0.3, -0.25) is 4.79 Å². The second-order valence-corrected chi connectivity index (χ2v) is 14.7. The number of carbonyl (C=O) groups excluding carboxylic acids is 1. The van der Waals surface area contributed by atoms with Gasteiger partial charge in [0.25, 0.3) is 5.91 Å². The molecule has 0 aromatic heterocycles. The summed E-state index contributed by atoms with van der Waals surface area (Å²) in [7, 11) is 0. The van der Waals surface area contributed by atoms with Crippen molar-refractivity contribution in [2.45, 2.75) is 58.8 Å². The van der Waals surface area contributed by atoms with E-state index >= 15 is 0 Å². The molecule has 1 saturated carbocycles. The summed E-state index contributed by atoms with van der Waals surface area (Å²) in [6, 6.07) is 22.6. The summed E-state index contributed by atoms with van der Waals surface area (Å²) in [6.07, 6.45) is 2.04. The molecule has 0 spiro atoms. The lowest BCUT2D eigenvalue weighted by Gasteiger charge is -2.63. The van der Waals surface area contributed by atoms with Gasteiger partial charge in [-0.2, -0.15) is 5.26 Å². The largest absolute Gasteiger partial charge is 0.491 e. The second-order valence-electron chi connectivity index (χ2n) is 14.3. The van der Waals surface area contributed by atoms with E-state index in [-0.39, 0.29) is 35.0 Å². The first-order valence-electron chi connectivity index (χ1n) is 18.0. The highest BCUT2D eigenvalue weighted by molar-refractivity contribution is 6.31. The fourth-order valence-electron chi connectivity index (χ4n) is 7.40. The van der Waals surface area contributed by atoms with Crippen LogP contribution in [0.3, 0.4) is 0 Å². The average Bonchev–Trinajstić information content (AvgIpc) is 3.55. The molecule has 0 unspecified atom stereocenters. The number of carbonyl (C=O) groups is 1. The van der Waals surface area contributed by atoms with Gasteiger partial charge >= 0.3 is 0 Å².